The average Bonchev–Trinajstić information content (AvgIpc) is 2.49. The van der Waals surface area contributed by atoms with Crippen molar-refractivity contribution in [2.75, 3.05) is 5.32 Å². The monoisotopic (exact) mass is 367 g/mol. The zero-order valence-electron chi connectivity index (χ0n) is 13.4. The lowest BCUT2D eigenvalue weighted by Crippen LogP contribution is -2.13. The van der Waals surface area contributed by atoms with Crippen molar-refractivity contribution >= 4 is 38.3 Å². The van der Waals surface area contributed by atoms with E-state index in [2.05, 4.69) is 33.4 Å². The van der Waals surface area contributed by atoms with Crippen molar-refractivity contribution in [3.05, 3.63) is 75.3 Å². The van der Waals surface area contributed by atoms with E-state index in [9.17, 15) is 4.79 Å². The van der Waals surface area contributed by atoms with Crippen LogP contribution in [0.1, 0.15) is 27.0 Å². The Kier molecular flexibility index (Phi) is 4.22. The number of halogens is 1. The van der Waals surface area contributed by atoms with Gasteiger partial charge in [0.15, 0.2) is 0 Å². The van der Waals surface area contributed by atoms with Gasteiger partial charge in [-0.15, -0.1) is 0 Å². The summed E-state index contributed by atoms with van der Waals surface area (Å²) in [6.45, 7) is 6.02. The third kappa shape index (κ3) is 3.15. The molecular weight excluding hydrogens is 350 g/mol. The second kappa shape index (κ2) is 6.17. The lowest BCUT2D eigenvalue weighted by atomic mass is 10.0. The fourth-order valence-electron chi connectivity index (χ4n) is 2.89. The summed E-state index contributed by atoms with van der Waals surface area (Å²) < 4.78 is 1.02. The number of fused-ring (bicyclic) bond motifs is 1. The first-order valence-corrected chi connectivity index (χ1v) is 8.32. The standard InChI is InChI=1S/C20H18BrNO/c1-12-9-13(2)11-15(10-12)20(23)22-19-14(3)7-8-16-17(19)5-4-6-18(16)21/h4-11H,1-3H3,(H,22,23). The summed E-state index contributed by atoms with van der Waals surface area (Å²) >= 11 is 3.57. The van der Waals surface area contributed by atoms with Gasteiger partial charge in [0.05, 0.1) is 5.69 Å². The van der Waals surface area contributed by atoms with Gasteiger partial charge >= 0.3 is 0 Å². The van der Waals surface area contributed by atoms with Crippen molar-refractivity contribution in [3.63, 3.8) is 0 Å². The molecule has 1 N–H and O–H groups in total. The highest BCUT2D eigenvalue weighted by Crippen LogP contribution is 2.32. The molecule has 0 aliphatic carbocycles. The van der Waals surface area contributed by atoms with E-state index in [1.807, 2.05) is 57.2 Å². The molecular formula is C20H18BrNO. The zero-order valence-corrected chi connectivity index (χ0v) is 15.0. The number of benzene rings is 3. The van der Waals surface area contributed by atoms with Crippen molar-refractivity contribution in [3.8, 4) is 0 Å². The van der Waals surface area contributed by atoms with E-state index in [1.165, 1.54) is 0 Å². The summed E-state index contributed by atoms with van der Waals surface area (Å²) in [7, 11) is 0. The summed E-state index contributed by atoms with van der Waals surface area (Å²) in [6.07, 6.45) is 0. The number of carbonyl (C=O) groups is 1. The number of carbonyl (C=O) groups excluding carboxylic acids is 1. The molecule has 0 saturated heterocycles. The predicted molar refractivity (Wildman–Crippen MR) is 100 cm³/mol. The quantitative estimate of drug-likeness (QED) is 0.610. The molecule has 1 amide bonds. The Bertz CT molecular complexity index is 895. The molecule has 116 valence electrons. The first-order valence-electron chi connectivity index (χ1n) is 7.53. The van der Waals surface area contributed by atoms with Gasteiger partial charge in [0, 0.05) is 15.4 Å². The van der Waals surface area contributed by atoms with E-state index < -0.39 is 0 Å². The highest BCUT2D eigenvalue weighted by atomic mass is 79.9. The maximum absolute atomic E-state index is 12.7. The Morgan fingerprint density at radius 1 is 0.913 bits per heavy atom. The van der Waals surface area contributed by atoms with Gasteiger partial charge in [-0.1, -0.05) is 57.4 Å². The highest BCUT2D eigenvalue weighted by Gasteiger charge is 2.12. The number of hydrogen-bond donors (Lipinski definition) is 1. The summed E-state index contributed by atoms with van der Waals surface area (Å²) in [5.41, 5.74) is 4.79. The van der Waals surface area contributed by atoms with Gasteiger partial charge in [-0.3, -0.25) is 4.79 Å². The van der Waals surface area contributed by atoms with E-state index >= 15 is 0 Å². The molecule has 0 atom stereocenters. The molecule has 3 rings (SSSR count). The third-order valence-electron chi connectivity index (χ3n) is 3.94. The molecule has 0 fully saturated rings. The van der Waals surface area contributed by atoms with Gasteiger partial charge in [0.1, 0.15) is 0 Å². The van der Waals surface area contributed by atoms with Crippen LogP contribution in [0.2, 0.25) is 0 Å². The zero-order chi connectivity index (χ0) is 16.6. The largest absolute Gasteiger partial charge is 0.321 e. The first-order chi connectivity index (χ1) is 11.0. The molecule has 0 bridgehead atoms. The van der Waals surface area contributed by atoms with Crippen LogP contribution in [-0.4, -0.2) is 5.91 Å². The van der Waals surface area contributed by atoms with Crippen molar-refractivity contribution in [2.45, 2.75) is 20.8 Å². The summed E-state index contributed by atoms with van der Waals surface area (Å²) in [5, 5.41) is 5.22. The van der Waals surface area contributed by atoms with Gasteiger partial charge in [0.25, 0.3) is 5.91 Å². The molecule has 0 unspecified atom stereocenters. The summed E-state index contributed by atoms with van der Waals surface area (Å²) in [6, 6.07) is 16.0. The molecule has 0 aliphatic rings. The van der Waals surface area contributed by atoms with Crippen molar-refractivity contribution in [1.82, 2.24) is 0 Å². The molecule has 3 aromatic carbocycles. The van der Waals surface area contributed by atoms with Crippen molar-refractivity contribution < 1.29 is 4.79 Å². The second-order valence-corrected chi connectivity index (χ2v) is 6.78. The van der Waals surface area contributed by atoms with E-state index in [-0.39, 0.29) is 5.91 Å². The smallest absolute Gasteiger partial charge is 0.255 e. The predicted octanol–water partition coefficient (Wildman–Crippen LogP) is 5.78. The van der Waals surface area contributed by atoms with E-state index in [1.54, 1.807) is 0 Å². The van der Waals surface area contributed by atoms with Gasteiger partial charge in [-0.2, -0.15) is 0 Å². The third-order valence-corrected chi connectivity index (χ3v) is 4.63. The van der Waals surface area contributed by atoms with Crippen LogP contribution in [0.4, 0.5) is 5.69 Å². The number of amides is 1. The van der Waals surface area contributed by atoms with E-state index in [0.717, 1.165) is 37.6 Å². The normalized spacial score (nSPS) is 10.8. The fourth-order valence-corrected chi connectivity index (χ4v) is 3.38. The SMILES string of the molecule is Cc1cc(C)cc(C(=O)Nc2c(C)ccc3c(Br)cccc23)c1. The molecule has 0 heterocycles. The van der Waals surface area contributed by atoms with Gasteiger partial charge in [-0.05, 0) is 49.9 Å². The van der Waals surface area contributed by atoms with Crippen LogP contribution < -0.4 is 5.32 Å². The molecule has 0 aromatic heterocycles. The number of hydrogen-bond acceptors (Lipinski definition) is 1. The number of aryl methyl sites for hydroxylation is 3. The average molecular weight is 368 g/mol. The minimum atomic E-state index is -0.0765. The van der Waals surface area contributed by atoms with Crippen LogP contribution in [0.3, 0.4) is 0 Å². The highest BCUT2D eigenvalue weighted by molar-refractivity contribution is 9.10. The fraction of sp³-hybridized carbons (Fsp3) is 0.150. The Morgan fingerprint density at radius 3 is 2.30 bits per heavy atom. The van der Waals surface area contributed by atoms with Crippen molar-refractivity contribution in [1.29, 1.82) is 0 Å². The van der Waals surface area contributed by atoms with Crippen molar-refractivity contribution in [2.24, 2.45) is 0 Å². The Morgan fingerprint density at radius 2 is 1.61 bits per heavy atom. The molecule has 0 aliphatic heterocycles. The molecule has 0 radical (unpaired) electrons. The molecule has 0 saturated carbocycles. The van der Waals surface area contributed by atoms with Crippen LogP contribution in [0.15, 0.2) is 53.0 Å². The maximum atomic E-state index is 12.7. The Labute approximate surface area is 144 Å². The minimum absolute atomic E-state index is 0.0765. The number of nitrogens with one attached hydrogen (secondary N) is 1. The molecule has 3 aromatic rings. The van der Waals surface area contributed by atoms with Crippen LogP contribution in [0.5, 0.6) is 0 Å². The number of rotatable bonds is 2. The number of anilines is 1. The lowest BCUT2D eigenvalue weighted by molar-refractivity contribution is 0.102. The lowest BCUT2D eigenvalue weighted by Gasteiger charge is -2.13. The van der Waals surface area contributed by atoms with Gasteiger partial charge in [0.2, 0.25) is 0 Å². The van der Waals surface area contributed by atoms with Crippen LogP contribution in [0, 0.1) is 20.8 Å². The topological polar surface area (TPSA) is 29.1 Å². The summed E-state index contributed by atoms with van der Waals surface area (Å²) in [5.74, 6) is -0.0765. The Balaban J connectivity index is 2.06. The van der Waals surface area contributed by atoms with Gasteiger partial charge in [-0.25, -0.2) is 0 Å². The molecule has 3 heteroatoms. The Hall–Kier alpha value is -2.13. The minimum Gasteiger partial charge on any atom is -0.321 e. The molecule has 23 heavy (non-hydrogen) atoms. The van der Waals surface area contributed by atoms with Crippen LogP contribution >= 0.6 is 15.9 Å². The first kappa shape index (κ1) is 15.8. The van der Waals surface area contributed by atoms with Gasteiger partial charge < -0.3 is 5.32 Å². The van der Waals surface area contributed by atoms with E-state index in [0.29, 0.717) is 5.56 Å². The van der Waals surface area contributed by atoms with Crippen LogP contribution in [0.25, 0.3) is 10.8 Å². The van der Waals surface area contributed by atoms with E-state index in [4.69, 9.17) is 0 Å². The summed E-state index contributed by atoms with van der Waals surface area (Å²) in [4.78, 5) is 12.7. The second-order valence-electron chi connectivity index (χ2n) is 5.92. The maximum Gasteiger partial charge on any atom is 0.255 e. The van der Waals surface area contributed by atoms with Crippen LogP contribution in [-0.2, 0) is 0 Å². The molecule has 0 spiro atoms. The molecule has 2 nitrogen and oxygen atoms in total.